The van der Waals surface area contributed by atoms with Crippen LogP contribution in [0.25, 0.3) is 0 Å². The third-order valence-corrected chi connectivity index (χ3v) is 2.86. The molecule has 0 aromatic heterocycles. The van der Waals surface area contributed by atoms with Crippen LogP contribution in [0.3, 0.4) is 0 Å². The summed E-state index contributed by atoms with van der Waals surface area (Å²) in [4.78, 5) is 22.0. The van der Waals surface area contributed by atoms with Gasteiger partial charge in [-0.25, -0.2) is 13.6 Å². The second-order valence-corrected chi connectivity index (χ2v) is 4.67. The zero-order chi connectivity index (χ0) is 14.6. The topological polar surface area (TPSA) is 78.4 Å². The second kappa shape index (κ2) is 6.46. The Labute approximate surface area is 116 Å². The van der Waals surface area contributed by atoms with E-state index < -0.39 is 29.6 Å². The summed E-state index contributed by atoms with van der Waals surface area (Å²) in [6.07, 6.45) is 0. The van der Waals surface area contributed by atoms with Crippen LogP contribution in [0, 0.1) is 17.6 Å². The summed E-state index contributed by atoms with van der Waals surface area (Å²) in [5.41, 5.74) is -0.220. The van der Waals surface area contributed by atoms with E-state index >= 15 is 0 Å². The summed E-state index contributed by atoms with van der Waals surface area (Å²) >= 11 is 2.91. The zero-order valence-electron chi connectivity index (χ0n) is 9.84. The van der Waals surface area contributed by atoms with Crippen molar-refractivity contribution in [1.82, 2.24) is 5.32 Å². The standard InChI is InChI=1S/C11H11BrF2N2O3/c1-5(10(17)18)4-15-11(19)16-9-7(12)2-6(13)3-8(9)14/h2-3,5H,4H2,1H3,(H,17,18)(H2,15,16,19). The first-order chi connectivity index (χ1) is 8.81. The predicted molar refractivity (Wildman–Crippen MR) is 67.9 cm³/mol. The number of benzene rings is 1. The molecule has 0 radical (unpaired) electrons. The van der Waals surface area contributed by atoms with Gasteiger partial charge in [-0.3, -0.25) is 4.79 Å². The molecular weight excluding hydrogens is 326 g/mol. The Bertz CT molecular complexity index is 488. The second-order valence-electron chi connectivity index (χ2n) is 3.82. The number of urea groups is 1. The van der Waals surface area contributed by atoms with Crippen LogP contribution in [0.5, 0.6) is 0 Å². The van der Waals surface area contributed by atoms with Gasteiger partial charge in [-0.05, 0) is 22.0 Å². The van der Waals surface area contributed by atoms with Gasteiger partial charge in [-0.2, -0.15) is 0 Å². The molecule has 0 saturated heterocycles. The van der Waals surface area contributed by atoms with Crippen molar-refractivity contribution in [2.24, 2.45) is 5.92 Å². The first-order valence-corrected chi connectivity index (χ1v) is 6.02. The van der Waals surface area contributed by atoms with E-state index in [0.717, 1.165) is 6.07 Å². The number of carbonyl (C=O) groups excluding carboxylic acids is 1. The highest BCUT2D eigenvalue weighted by atomic mass is 79.9. The maximum Gasteiger partial charge on any atom is 0.319 e. The molecular formula is C11H11BrF2N2O3. The van der Waals surface area contributed by atoms with Crippen LogP contribution in [0.15, 0.2) is 16.6 Å². The van der Waals surface area contributed by atoms with Gasteiger partial charge in [0.2, 0.25) is 0 Å². The van der Waals surface area contributed by atoms with E-state index in [2.05, 4.69) is 26.6 Å². The minimum atomic E-state index is -1.06. The number of rotatable bonds is 4. The molecule has 8 heteroatoms. The molecule has 0 aliphatic heterocycles. The van der Waals surface area contributed by atoms with Crippen LogP contribution < -0.4 is 10.6 Å². The van der Waals surface area contributed by atoms with E-state index in [-0.39, 0.29) is 16.7 Å². The van der Waals surface area contributed by atoms with Crippen molar-refractivity contribution in [3.05, 3.63) is 28.2 Å². The van der Waals surface area contributed by atoms with Crippen LogP contribution >= 0.6 is 15.9 Å². The first-order valence-electron chi connectivity index (χ1n) is 5.23. The minimum Gasteiger partial charge on any atom is -0.481 e. The van der Waals surface area contributed by atoms with Gasteiger partial charge in [0.25, 0.3) is 0 Å². The summed E-state index contributed by atoms with van der Waals surface area (Å²) in [5, 5.41) is 13.1. The third kappa shape index (κ3) is 4.47. The molecule has 0 bridgehead atoms. The van der Waals surface area contributed by atoms with Gasteiger partial charge < -0.3 is 15.7 Å². The lowest BCUT2D eigenvalue weighted by Crippen LogP contribution is -2.34. The fraction of sp³-hybridized carbons (Fsp3) is 0.273. The molecule has 0 saturated carbocycles. The quantitative estimate of drug-likeness (QED) is 0.790. The maximum absolute atomic E-state index is 13.4. The molecule has 0 aliphatic carbocycles. The van der Waals surface area contributed by atoms with Gasteiger partial charge in [0, 0.05) is 17.1 Å². The molecule has 19 heavy (non-hydrogen) atoms. The monoisotopic (exact) mass is 336 g/mol. The highest BCUT2D eigenvalue weighted by molar-refractivity contribution is 9.10. The summed E-state index contributed by atoms with van der Waals surface area (Å²) in [6.45, 7) is 1.30. The average Bonchev–Trinajstić information content (AvgIpc) is 2.30. The van der Waals surface area contributed by atoms with Gasteiger partial charge in [0.05, 0.1) is 11.6 Å². The smallest absolute Gasteiger partial charge is 0.319 e. The Morgan fingerprint density at radius 3 is 2.58 bits per heavy atom. The lowest BCUT2D eigenvalue weighted by Gasteiger charge is -2.11. The van der Waals surface area contributed by atoms with Gasteiger partial charge >= 0.3 is 12.0 Å². The molecule has 1 rings (SSSR count). The van der Waals surface area contributed by atoms with Gasteiger partial charge in [-0.1, -0.05) is 6.92 Å². The zero-order valence-corrected chi connectivity index (χ0v) is 11.4. The molecule has 0 aliphatic rings. The van der Waals surface area contributed by atoms with E-state index in [9.17, 15) is 18.4 Å². The molecule has 0 spiro atoms. The summed E-state index contributed by atoms with van der Waals surface area (Å²) < 4.78 is 26.3. The van der Waals surface area contributed by atoms with Crippen molar-refractivity contribution in [1.29, 1.82) is 0 Å². The molecule has 1 aromatic rings. The SMILES string of the molecule is CC(CNC(=O)Nc1c(F)cc(F)cc1Br)C(=O)O. The van der Waals surface area contributed by atoms with Crippen LogP contribution in [-0.4, -0.2) is 23.7 Å². The third-order valence-electron chi connectivity index (χ3n) is 2.24. The number of carboxylic acids is 1. The summed E-state index contributed by atoms with van der Waals surface area (Å²) in [6, 6.07) is 0.845. The largest absolute Gasteiger partial charge is 0.481 e. The Hall–Kier alpha value is -1.70. The Morgan fingerprint density at radius 1 is 1.42 bits per heavy atom. The van der Waals surface area contributed by atoms with Crippen molar-refractivity contribution in [3.8, 4) is 0 Å². The average molecular weight is 337 g/mol. The fourth-order valence-electron chi connectivity index (χ4n) is 1.15. The number of carboxylic acid groups (broad SMARTS) is 1. The van der Waals surface area contributed by atoms with E-state index in [4.69, 9.17) is 5.11 Å². The van der Waals surface area contributed by atoms with Crippen LogP contribution in [0.4, 0.5) is 19.3 Å². The van der Waals surface area contributed by atoms with Crippen LogP contribution in [-0.2, 0) is 4.79 Å². The van der Waals surface area contributed by atoms with Crippen molar-refractivity contribution in [2.75, 3.05) is 11.9 Å². The summed E-state index contributed by atoms with van der Waals surface area (Å²) in [7, 11) is 0. The highest BCUT2D eigenvalue weighted by Crippen LogP contribution is 2.26. The number of aliphatic carboxylic acids is 1. The Morgan fingerprint density at radius 2 is 2.05 bits per heavy atom. The van der Waals surface area contributed by atoms with E-state index in [1.165, 1.54) is 6.92 Å². The number of hydrogen-bond donors (Lipinski definition) is 3. The normalized spacial score (nSPS) is 11.8. The fourth-order valence-corrected chi connectivity index (χ4v) is 1.66. The summed E-state index contributed by atoms with van der Waals surface area (Å²) in [5.74, 6) is -3.55. The van der Waals surface area contributed by atoms with Gasteiger partial charge in [-0.15, -0.1) is 0 Å². The first kappa shape index (κ1) is 15.4. The maximum atomic E-state index is 13.4. The predicted octanol–water partition coefficient (Wildman–Crippen LogP) is 2.57. The minimum absolute atomic E-state index is 0.0476. The van der Waals surface area contributed by atoms with E-state index in [0.29, 0.717) is 6.07 Å². The molecule has 1 unspecified atom stereocenters. The lowest BCUT2D eigenvalue weighted by atomic mass is 10.2. The van der Waals surface area contributed by atoms with Crippen molar-refractivity contribution in [3.63, 3.8) is 0 Å². The van der Waals surface area contributed by atoms with Crippen LogP contribution in [0.2, 0.25) is 0 Å². The number of hydrogen-bond acceptors (Lipinski definition) is 2. The van der Waals surface area contributed by atoms with E-state index in [1.54, 1.807) is 0 Å². The van der Waals surface area contributed by atoms with Gasteiger partial charge in [0.15, 0.2) is 5.82 Å². The Balaban J connectivity index is 2.65. The molecule has 1 aromatic carbocycles. The van der Waals surface area contributed by atoms with E-state index in [1.807, 2.05) is 0 Å². The number of halogens is 3. The molecule has 0 heterocycles. The molecule has 5 nitrogen and oxygen atoms in total. The lowest BCUT2D eigenvalue weighted by molar-refractivity contribution is -0.140. The van der Waals surface area contributed by atoms with Crippen molar-refractivity contribution >= 4 is 33.6 Å². The number of nitrogens with one attached hydrogen (secondary N) is 2. The Kier molecular flexibility index (Phi) is 5.22. The molecule has 2 amide bonds. The highest BCUT2D eigenvalue weighted by Gasteiger charge is 2.15. The molecule has 3 N–H and O–H groups in total. The molecule has 1 atom stereocenters. The van der Waals surface area contributed by atoms with Gasteiger partial charge in [0.1, 0.15) is 5.82 Å². The van der Waals surface area contributed by atoms with Crippen molar-refractivity contribution < 1.29 is 23.5 Å². The molecule has 104 valence electrons. The molecule has 0 fully saturated rings. The number of anilines is 1. The number of amides is 2. The number of carbonyl (C=O) groups is 2. The van der Waals surface area contributed by atoms with Crippen LogP contribution in [0.1, 0.15) is 6.92 Å². The van der Waals surface area contributed by atoms with Crippen molar-refractivity contribution in [2.45, 2.75) is 6.92 Å².